The van der Waals surface area contributed by atoms with Crippen molar-refractivity contribution in [3.05, 3.63) is 46.3 Å². The van der Waals surface area contributed by atoms with E-state index in [4.69, 9.17) is 0 Å². The molecule has 1 aliphatic heterocycles. The van der Waals surface area contributed by atoms with Crippen LogP contribution < -0.4 is 5.32 Å². The standard InChI is InChI=1S/C18H21BrN4O/c1-12-4-3-7-23(11-12)18(24)16-9-21-17(10-20-16)22-14-6-5-13(2)15(19)8-14/h5-6,8-10,12H,3-4,7,11H2,1-2H3,(H,21,22). The van der Waals surface area contributed by atoms with Gasteiger partial charge >= 0.3 is 0 Å². The number of hydrogen-bond acceptors (Lipinski definition) is 4. The second kappa shape index (κ2) is 7.30. The van der Waals surface area contributed by atoms with Crippen molar-refractivity contribution >= 4 is 33.3 Å². The number of halogens is 1. The lowest BCUT2D eigenvalue weighted by atomic mass is 10.0. The second-order valence-electron chi connectivity index (χ2n) is 6.37. The Labute approximate surface area is 150 Å². The molecule has 0 saturated carbocycles. The van der Waals surface area contributed by atoms with Crippen LogP contribution in [0.3, 0.4) is 0 Å². The van der Waals surface area contributed by atoms with Crippen LogP contribution in [0.15, 0.2) is 35.1 Å². The van der Waals surface area contributed by atoms with Crippen molar-refractivity contribution in [2.24, 2.45) is 5.92 Å². The molecule has 0 bridgehead atoms. The van der Waals surface area contributed by atoms with Crippen molar-refractivity contribution in [2.45, 2.75) is 26.7 Å². The smallest absolute Gasteiger partial charge is 0.274 e. The lowest BCUT2D eigenvalue weighted by molar-refractivity contribution is 0.0676. The van der Waals surface area contributed by atoms with Crippen LogP contribution in [0.4, 0.5) is 11.5 Å². The van der Waals surface area contributed by atoms with E-state index in [0.29, 0.717) is 17.4 Å². The summed E-state index contributed by atoms with van der Waals surface area (Å²) in [5.41, 5.74) is 2.49. The first-order valence-corrected chi connectivity index (χ1v) is 8.97. The highest BCUT2D eigenvalue weighted by atomic mass is 79.9. The Morgan fingerprint density at radius 2 is 2.17 bits per heavy atom. The first-order valence-electron chi connectivity index (χ1n) is 8.17. The molecule has 1 aromatic carbocycles. The molecule has 1 N–H and O–H groups in total. The van der Waals surface area contributed by atoms with Crippen molar-refractivity contribution in [3.8, 4) is 0 Å². The van der Waals surface area contributed by atoms with Gasteiger partial charge in [-0.2, -0.15) is 0 Å². The van der Waals surface area contributed by atoms with Crippen LogP contribution in [0.2, 0.25) is 0 Å². The summed E-state index contributed by atoms with van der Waals surface area (Å²) in [5, 5.41) is 3.20. The number of hydrogen-bond donors (Lipinski definition) is 1. The topological polar surface area (TPSA) is 58.1 Å². The van der Waals surface area contributed by atoms with Crippen LogP contribution >= 0.6 is 15.9 Å². The van der Waals surface area contributed by atoms with Gasteiger partial charge in [-0.1, -0.05) is 28.9 Å². The Morgan fingerprint density at radius 1 is 1.33 bits per heavy atom. The third-order valence-electron chi connectivity index (χ3n) is 4.26. The number of benzene rings is 1. The molecule has 126 valence electrons. The summed E-state index contributed by atoms with van der Waals surface area (Å²) in [7, 11) is 0. The van der Waals surface area contributed by atoms with E-state index in [9.17, 15) is 4.79 Å². The van der Waals surface area contributed by atoms with Crippen molar-refractivity contribution in [1.82, 2.24) is 14.9 Å². The first kappa shape index (κ1) is 16.9. The Bertz CT molecular complexity index is 732. The van der Waals surface area contributed by atoms with Gasteiger partial charge in [0.2, 0.25) is 0 Å². The molecule has 1 aromatic heterocycles. The van der Waals surface area contributed by atoms with E-state index >= 15 is 0 Å². The predicted octanol–water partition coefficient (Wildman–Crippen LogP) is 4.16. The van der Waals surface area contributed by atoms with E-state index < -0.39 is 0 Å². The highest BCUT2D eigenvalue weighted by Gasteiger charge is 2.23. The molecule has 0 spiro atoms. The molecule has 24 heavy (non-hydrogen) atoms. The Balaban J connectivity index is 1.68. The first-order chi connectivity index (χ1) is 11.5. The minimum Gasteiger partial charge on any atom is -0.339 e. The summed E-state index contributed by atoms with van der Waals surface area (Å²) >= 11 is 3.51. The molecule has 1 unspecified atom stereocenters. The maximum Gasteiger partial charge on any atom is 0.274 e. The fourth-order valence-corrected chi connectivity index (χ4v) is 3.24. The zero-order valence-electron chi connectivity index (χ0n) is 13.9. The van der Waals surface area contributed by atoms with Crippen LogP contribution in [0.25, 0.3) is 0 Å². The van der Waals surface area contributed by atoms with Crippen molar-refractivity contribution in [2.75, 3.05) is 18.4 Å². The number of aryl methyl sites for hydroxylation is 1. The third-order valence-corrected chi connectivity index (χ3v) is 5.11. The number of amides is 1. The zero-order valence-corrected chi connectivity index (χ0v) is 15.5. The molecule has 1 fully saturated rings. The lowest BCUT2D eigenvalue weighted by Gasteiger charge is -2.30. The van der Waals surface area contributed by atoms with Crippen molar-refractivity contribution in [3.63, 3.8) is 0 Å². The molecule has 0 aliphatic carbocycles. The third kappa shape index (κ3) is 3.93. The molecular formula is C18H21BrN4O. The van der Waals surface area contributed by atoms with E-state index in [2.05, 4.69) is 38.1 Å². The van der Waals surface area contributed by atoms with Gasteiger partial charge in [0, 0.05) is 23.2 Å². The summed E-state index contributed by atoms with van der Waals surface area (Å²) in [6.45, 7) is 5.83. The van der Waals surface area contributed by atoms with Gasteiger partial charge in [-0.25, -0.2) is 9.97 Å². The molecule has 1 amide bonds. The maximum absolute atomic E-state index is 12.5. The summed E-state index contributed by atoms with van der Waals surface area (Å²) < 4.78 is 1.03. The average molecular weight is 389 g/mol. The highest BCUT2D eigenvalue weighted by Crippen LogP contribution is 2.23. The number of piperidine rings is 1. The molecule has 3 rings (SSSR count). The summed E-state index contributed by atoms with van der Waals surface area (Å²) in [6.07, 6.45) is 5.40. The number of likely N-dealkylation sites (tertiary alicyclic amines) is 1. The number of rotatable bonds is 3. The highest BCUT2D eigenvalue weighted by molar-refractivity contribution is 9.10. The molecule has 2 aromatic rings. The van der Waals surface area contributed by atoms with E-state index in [1.165, 1.54) is 12.0 Å². The van der Waals surface area contributed by atoms with Gasteiger partial charge in [-0.3, -0.25) is 4.79 Å². The van der Waals surface area contributed by atoms with Crippen LogP contribution in [-0.4, -0.2) is 33.9 Å². The molecule has 2 heterocycles. The quantitative estimate of drug-likeness (QED) is 0.857. The van der Waals surface area contributed by atoms with Gasteiger partial charge in [0.1, 0.15) is 11.5 Å². The minimum atomic E-state index is -0.0290. The molecule has 1 atom stereocenters. The molecule has 1 saturated heterocycles. The van der Waals surface area contributed by atoms with Gasteiger partial charge in [-0.15, -0.1) is 0 Å². The Morgan fingerprint density at radius 3 is 2.83 bits per heavy atom. The van der Waals surface area contributed by atoms with Gasteiger partial charge in [0.15, 0.2) is 0 Å². The number of aromatic nitrogens is 2. The number of nitrogens with one attached hydrogen (secondary N) is 1. The van der Waals surface area contributed by atoms with E-state index in [1.807, 2.05) is 30.0 Å². The van der Waals surface area contributed by atoms with Gasteiger partial charge < -0.3 is 10.2 Å². The summed E-state index contributed by atoms with van der Waals surface area (Å²) in [6, 6.07) is 6.00. The largest absolute Gasteiger partial charge is 0.339 e. The maximum atomic E-state index is 12.5. The number of carbonyl (C=O) groups is 1. The van der Waals surface area contributed by atoms with Gasteiger partial charge in [0.05, 0.1) is 12.4 Å². The summed E-state index contributed by atoms with van der Waals surface area (Å²) in [4.78, 5) is 23.0. The van der Waals surface area contributed by atoms with E-state index in [0.717, 1.165) is 29.7 Å². The molecule has 1 aliphatic rings. The molecular weight excluding hydrogens is 368 g/mol. The lowest BCUT2D eigenvalue weighted by Crippen LogP contribution is -2.39. The van der Waals surface area contributed by atoms with Crippen LogP contribution in [0.5, 0.6) is 0 Å². The average Bonchev–Trinajstić information content (AvgIpc) is 2.58. The van der Waals surface area contributed by atoms with Gasteiger partial charge in [-0.05, 0) is 43.4 Å². The van der Waals surface area contributed by atoms with Crippen LogP contribution in [0, 0.1) is 12.8 Å². The van der Waals surface area contributed by atoms with Crippen molar-refractivity contribution < 1.29 is 4.79 Å². The minimum absolute atomic E-state index is 0.0290. The Kier molecular flexibility index (Phi) is 5.14. The number of carbonyl (C=O) groups excluding carboxylic acids is 1. The molecule has 6 heteroatoms. The fourth-order valence-electron chi connectivity index (χ4n) is 2.86. The SMILES string of the molecule is Cc1ccc(Nc2cnc(C(=O)N3CCCC(C)C3)cn2)cc1Br. The fraction of sp³-hybridized carbons (Fsp3) is 0.389. The van der Waals surface area contributed by atoms with Crippen molar-refractivity contribution in [1.29, 1.82) is 0 Å². The normalized spacial score (nSPS) is 17.6. The van der Waals surface area contributed by atoms with Crippen LogP contribution in [-0.2, 0) is 0 Å². The zero-order chi connectivity index (χ0) is 17.1. The second-order valence-corrected chi connectivity index (χ2v) is 7.23. The number of nitrogens with zero attached hydrogens (tertiary/aromatic N) is 3. The van der Waals surface area contributed by atoms with E-state index in [-0.39, 0.29) is 5.91 Å². The van der Waals surface area contributed by atoms with Crippen LogP contribution in [0.1, 0.15) is 35.8 Å². The Hall–Kier alpha value is -1.95. The monoisotopic (exact) mass is 388 g/mol. The van der Waals surface area contributed by atoms with E-state index in [1.54, 1.807) is 12.4 Å². The predicted molar refractivity (Wildman–Crippen MR) is 98.5 cm³/mol. The summed E-state index contributed by atoms with van der Waals surface area (Å²) in [5.74, 6) is 1.14. The molecule has 5 nitrogen and oxygen atoms in total. The van der Waals surface area contributed by atoms with Gasteiger partial charge in [0.25, 0.3) is 5.91 Å². The number of anilines is 2. The molecule has 0 radical (unpaired) electrons.